The Morgan fingerprint density at radius 2 is 1.24 bits per heavy atom. The fourth-order valence-electron chi connectivity index (χ4n) is 7.78. The minimum Gasteiger partial charge on any atom is -0.496 e. The van der Waals surface area contributed by atoms with Crippen LogP contribution in [-0.4, -0.2) is 32.3 Å². The molecule has 0 saturated carbocycles. The van der Waals surface area contributed by atoms with E-state index < -0.39 is 45.7 Å². The molecule has 0 aromatic heterocycles. The van der Waals surface area contributed by atoms with Gasteiger partial charge in [0.05, 0.1) is 32.4 Å². The Labute approximate surface area is 313 Å². The summed E-state index contributed by atoms with van der Waals surface area (Å²) in [5, 5.41) is 0. The smallest absolute Gasteiger partial charge is 0.219 e. The molecule has 1 aliphatic heterocycles. The molecular weight excluding hydrogens is 700 g/mol. The third kappa shape index (κ3) is 6.62. The van der Waals surface area contributed by atoms with Gasteiger partial charge in [0.15, 0.2) is 40.5 Å². The number of allylic oxidation sites excluding steroid dienone is 3. The molecular formula is C45H45F6NO2+2. The van der Waals surface area contributed by atoms with Crippen LogP contribution in [0.1, 0.15) is 82.3 Å². The number of likely N-dealkylation sites (N-methyl/N-ethyl adjacent to an activating group) is 1. The van der Waals surface area contributed by atoms with E-state index in [4.69, 9.17) is 9.47 Å². The minimum absolute atomic E-state index is 0.0776. The van der Waals surface area contributed by atoms with Gasteiger partial charge in [-0.1, -0.05) is 71.9 Å². The van der Waals surface area contributed by atoms with Crippen LogP contribution < -0.4 is 4.74 Å². The van der Waals surface area contributed by atoms with Crippen LogP contribution in [0, 0.1) is 46.4 Å². The van der Waals surface area contributed by atoms with Crippen molar-refractivity contribution in [3.63, 3.8) is 0 Å². The molecule has 0 spiro atoms. The topological polar surface area (TPSA) is 18.5 Å². The highest BCUT2D eigenvalue weighted by atomic mass is 19.2. The fourth-order valence-corrected chi connectivity index (χ4v) is 7.78. The van der Waals surface area contributed by atoms with E-state index in [0.717, 1.165) is 29.8 Å². The number of benzene rings is 4. The van der Waals surface area contributed by atoms with Crippen LogP contribution in [0.4, 0.5) is 26.3 Å². The molecule has 9 heteroatoms. The van der Waals surface area contributed by atoms with Gasteiger partial charge in [-0.15, -0.1) is 0 Å². The molecule has 0 N–H and O–H groups in total. The molecule has 0 amide bonds. The normalized spacial score (nSPS) is 18.0. The van der Waals surface area contributed by atoms with E-state index in [1.807, 2.05) is 85.0 Å². The second kappa shape index (κ2) is 13.8. The summed E-state index contributed by atoms with van der Waals surface area (Å²) in [6.45, 7) is 14.4. The lowest BCUT2D eigenvalue weighted by Gasteiger charge is -2.39. The van der Waals surface area contributed by atoms with Crippen LogP contribution in [0.25, 0.3) is 22.3 Å². The van der Waals surface area contributed by atoms with E-state index in [1.54, 1.807) is 0 Å². The van der Waals surface area contributed by atoms with Gasteiger partial charge in [0.2, 0.25) is 5.76 Å². The molecule has 2 atom stereocenters. The summed E-state index contributed by atoms with van der Waals surface area (Å²) in [5.41, 5.74) is 4.50. The molecule has 6 rings (SSSR count). The first-order valence-corrected chi connectivity index (χ1v) is 17.8. The van der Waals surface area contributed by atoms with Crippen molar-refractivity contribution in [2.45, 2.75) is 66.5 Å². The highest BCUT2D eigenvalue weighted by Gasteiger charge is 2.49. The lowest BCUT2D eigenvalue weighted by molar-refractivity contribution is -0.945. The third-order valence-electron chi connectivity index (χ3n) is 10.7. The molecule has 0 radical (unpaired) electrons. The summed E-state index contributed by atoms with van der Waals surface area (Å²) >= 11 is 0. The van der Waals surface area contributed by atoms with E-state index >= 15 is 17.6 Å². The van der Waals surface area contributed by atoms with Crippen molar-refractivity contribution in [2.24, 2.45) is 5.41 Å². The van der Waals surface area contributed by atoms with Gasteiger partial charge < -0.3 is 14.0 Å². The van der Waals surface area contributed by atoms with Crippen molar-refractivity contribution in [3.05, 3.63) is 146 Å². The lowest BCUT2D eigenvalue weighted by Crippen LogP contribution is -2.46. The first kappa shape index (κ1) is 38.9. The quantitative estimate of drug-likeness (QED) is 0.0847. The number of hydrogen-bond donors (Lipinski definition) is 0. The monoisotopic (exact) mass is 745 g/mol. The van der Waals surface area contributed by atoms with Gasteiger partial charge in [-0.05, 0) is 48.2 Å². The number of hydrogen-bond acceptors (Lipinski definition) is 2. The van der Waals surface area contributed by atoms with Crippen molar-refractivity contribution in [2.75, 3.05) is 27.8 Å². The van der Waals surface area contributed by atoms with Crippen LogP contribution >= 0.6 is 0 Å². The number of methoxy groups -OCH3 is 2. The summed E-state index contributed by atoms with van der Waals surface area (Å²) in [6.07, 6.45) is 3.67. The van der Waals surface area contributed by atoms with Crippen LogP contribution in [-0.2, 0) is 16.7 Å². The summed E-state index contributed by atoms with van der Waals surface area (Å²) in [6, 6.07) is 15.5. The molecule has 0 bridgehead atoms. The maximum atomic E-state index is 15.2. The van der Waals surface area contributed by atoms with E-state index in [0.29, 0.717) is 56.1 Å². The molecule has 282 valence electrons. The first-order valence-electron chi connectivity index (χ1n) is 17.8. The van der Waals surface area contributed by atoms with Crippen LogP contribution in [0.3, 0.4) is 0 Å². The Hall–Kier alpha value is -4.85. The van der Waals surface area contributed by atoms with Crippen LogP contribution in [0.5, 0.6) is 5.75 Å². The highest BCUT2D eigenvalue weighted by Crippen LogP contribution is 2.54. The van der Waals surface area contributed by atoms with Crippen molar-refractivity contribution >= 4 is 11.1 Å². The number of halogens is 6. The minimum atomic E-state index is -1.59. The van der Waals surface area contributed by atoms with Crippen molar-refractivity contribution < 1.29 is 40.3 Å². The summed E-state index contributed by atoms with van der Waals surface area (Å²) in [5.74, 6) is -7.85. The molecule has 3 nitrogen and oxygen atoms in total. The number of nitrogens with zero attached hydrogens (tertiary/aromatic N) is 1. The largest absolute Gasteiger partial charge is 0.496 e. The molecule has 0 saturated heterocycles. The maximum absolute atomic E-state index is 15.2. The first-order chi connectivity index (χ1) is 25.2. The van der Waals surface area contributed by atoms with Gasteiger partial charge in [-0.2, -0.15) is 0 Å². The second-order valence-corrected chi connectivity index (χ2v) is 16.5. The molecule has 54 heavy (non-hydrogen) atoms. The van der Waals surface area contributed by atoms with Crippen molar-refractivity contribution in [3.8, 4) is 16.9 Å². The molecule has 1 aliphatic carbocycles. The maximum Gasteiger partial charge on any atom is 0.219 e. The highest BCUT2D eigenvalue weighted by molar-refractivity contribution is 6.00. The van der Waals surface area contributed by atoms with E-state index in [-0.39, 0.29) is 34.7 Å². The number of rotatable bonds is 6. The summed E-state index contributed by atoms with van der Waals surface area (Å²) < 4.78 is 102. The van der Waals surface area contributed by atoms with Crippen molar-refractivity contribution in [1.29, 1.82) is 0 Å². The van der Waals surface area contributed by atoms with Crippen LogP contribution in [0.15, 0.2) is 77.6 Å². The Bertz CT molecular complexity index is 2210. The SMILES string of the molecule is COC1=C(C(C)(C)C)[C+]=C2C(=C1c1cc(F)c(F)c(F)c1)C[N@+](C)(C(C)c1ccccc1)Cc1c2cc(C(C)(C)C)c(OC)c1-c1cc(F)c(F)c(F)c1. The summed E-state index contributed by atoms with van der Waals surface area (Å²) in [7, 11) is 5.01. The fraction of sp³-hybridized carbons (Fsp3) is 0.333. The van der Waals surface area contributed by atoms with Gasteiger partial charge in [-0.25, -0.2) is 26.3 Å². The van der Waals surface area contributed by atoms with Gasteiger partial charge in [-0.3, -0.25) is 0 Å². The molecule has 4 aromatic carbocycles. The number of quaternary nitrogens is 1. The Morgan fingerprint density at radius 1 is 0.704 bits per heavy atom. The van der Waals surface area contributed by atoms with Crippen molar-refractivity contribution in [1.82, 2.24) is 0 Å². The zero-order valence-corrected chi connectivity index (χ0v) is 32.3. The van der Waals surface area contributed by atoms with Gasteiger partial charge in [0.25, 0.3) is 0 Å². The average molecular weight is 746 g/mol. The Balaban J connectivity index is 1.87. The summed E-state index contributed by atoms with van der Waals surface area (Å²) in [4.78, 5) is 0. The molecule has 2 aliphatic rings. The third-order valence-corrected chi connectivity index (χ3v) is 10.7. The lowest BCUT2D eigenvalue weighted by atomic mass is 9.73. The molecule has 1 heterocycles. The van der Waals surface area contributed by atoms with Gasteiger partial charge in [0.1, 0.15) is 41.6 Å². The zero-order valence-electron chi connectivity index (χ0n) is 32.3. The molecule has 1 unspecified atom stereocenters. The number of ether oxygens (including phenoxy) is 2. The predicted molar refractivity (Wildman–Crippen MR) is 200 cm³/mol. The van der Waals surface area contributed by atoms with Gasteiger partial charge >= 0.3 is 0 Å². The standard InChI is InChI=1S/C45H45F6NO2/c1-24(25-14-12-11-13-15-25)52(8)22-30-28(20-32(44(2,3)4)42(53-9)38(30)26-16-34(46)40(50)35(47)17-26)29-21-33(45(5,6)7)43(54-10)39(31(29)23-52)27-18-36(48)41(51)37(49)19-27/h11-20,24H,22-23H2,1-10H3/q+2/t24?,52-/m1/s1. The van der Waals surface area contributed by atoms with E-state index in [2.05, 4.69) is 13.0 Å². The van der Waals surface area contributed by atoms with E-state index in [1.165, 1.54) is 14.2 Å². The zero-order chi connectivity index (χ0) is 39.7. The Morgan fingerprint density at radius 3 is 1.72 bits per heavy atom. The van der Waals surface area contributed by atoms with Gasteiger partial charge in [0, 0.05) is 33.7 Å². The van der Waals surface area contributed by atoms with E-state index in [9.17, 15) is 8.78 Å². The second-order valence-electron chi connectivity index (χ2n) is 16.5. The average Bonchev–Trinajstić information content (AvgIpc) is 3.23. The predicted octanol–water partition coefficient (Wildman–Crippen LogP) is 11.8. The Kier molecular flexibility index (Phi) is 9.91. The van der Waals surface area contributed by atoms with Crippen LogP contribution in [0.2, 0.25) is 0 Å². The number of fused-ring (bicyclic) bond motifs is 3. The molecule has 4 aromatic rings. The molecule has 0 fully saturated rings.